The van der Waals surface area contributed by atoms with Crippen LogP contribution < -0.4 is 5.73 Å². The van der Waals surface area contributed by atoms with Crippen LogP contribution in [0.5, 0.6) is 0 Å². The highest BCUT2D eigenvalue weighted by atomic mass is 32.1. The highest BCUT2D eigenvalue weighted by molar-refractivity contribution is 7.17. The number of hydrogen-bond donors (Lipinski definition) is 1. The fraction of sp³-hybridized carbons (Fsp3) is 0.286. The first-order valence-electron chi connectivity index (χ1n) is 4.02. The number of hydrogen-bond acceptors (Lipinski definition) is 6. The Morgan fingerprint density at radius 3 is 3.07 bits per heavy atom. The van der Waals surface area contributed by atoms with Gasteiger partial charge in [-0.3, -0.25) is 4.79 Å². The Labute approximate surface area is 85.2 Å². The third-order valence-corrected chi connectivity index (χ3v) is 2.91. The summed E-state index contributed by atoms with van der Waals surface area (Å²) in [6, 6.07) is 0. The minimum atomic E-state index is -0.0291. The van der Waals surface area contributed by atoms with Crippen molar-refractivity contribution in [3.05, 3.63) is 10.6 Å². The zero-order valence-corrected chi connectivity index (χ0v) is 8.08. The van der Waals surface area contributed by atoms with E-state index in [0.29, 0.717) is 28.4 Å². The molecule has 0 unspecified atom stereocenters. The van der Waals surface area contributed by atoms with Crippen LogP contribution in [0.4, 0.5) is 5.13 Å². The summed E-state index contributed by atoms with van der Waals surface area (Å²) in [6.45, 7) is 0.709. The van der Waals surface area contributed by atoms with E-state index < -0.39 is 0 Å². The number of nitrogen functional groups attached to an aromatic ring is 1. The third kappa shape index (κ3) is 1.56. The molecule has 1 aromatic rings. The van der Waals surface area contributed by atoms with Gasteiger partial charge in [-0.25, -0.2) is 4.98 Å². The minimum absolute atomic E-state index is 0.0291. The van der Waals surface area contributed by atoms with Crippen molar-refractivity contribution in [3.8, 4) is 0 Å². The van der Waals surface area contributed by atoms with Gasteiger partial charge in [-0.15, -0.1) is 0 Å². The third-order valence-electron chi connectivity index (χ3n) is 1.94. The molecular formula is C7H7BN3O2S. The number of carbonyl (C=O) groups excluding carboxylic acids is 2. The van der Waals surface area contributed by atoms with Crippen LogP contribution >= 0.6 is 11.3 Å². The second kappa shape index (κ2) is 3.51. The molecule has 0 aliphatic carbocycles. The average molecular weight is 208 g/mol. The van der Waals surface area contributed by atoms with Gasteiger partial charge in [0, 0.05) is 6.54 Å². The van der Waals surface area contributed by atoms with E-state index >= 15 is 0 Å². The summed E-state index contributed by atoms with van der Waals surface area (Å²) in [6.07, 6.45) is 0.661. The molecule has 0 fully saturated rings. The van der Waals surface area contributed by atoms with Crippen LogP contribution in [0.1, 0.15) is 15.4 Å². The van der Waals surface area contributed by atoms with Crippen molar-refractivity contribution in [1.29, 1.82) is 0 Å². The van der Waals surface area contributed by atoms with E-state index in [4.69, 9.17) is 5.73 Å². The lowest BCUT2D eigenvalue weighted by Crippen LogP contribution is -2.37. The summed E-state index contributed by atoms with van der Waals surface area (Å²) in [5.41, 5.74) is 6.17. The van der Waals surface area contributed by atoms with Gasteiger partial charge in [-0.05, 0) is 0 Å². The van der Waals surface area contributed by atoms with Gasteiger partial charge >= 0.3 is 0 Å². The first-order valence-corrected chi connectivity index (χ1v) is 4.83. The Hall–Kier alpha value is -1.21. The van der Waals surface area contributed by atoms with Crippen molar-refractivity contribution in [2.45, 2.75) is 6.54 Å². The van der Waals surface area contributed by atoms with Crippen LogP contribution in [0.3, 0.4) is 0 Å². The highest BCUT2D eigenvalue weighted by Crippen LogP contribution is 2.25. The largest absolute Gasteiger partial charge is 0.375 e. The maximum atomic E-state index is 11.5. The molecule has 71 valence electrons. The molecule has 5 nitrogen and oxygen atoms in total. The Morgan fingerprint density at radius 2 is 2.36 bits per heavy atom. The molecule has 1 aliphatic heterocycles. The van der Waals surface area contributed by atoms with E-state index in [0.717, 1.165) is 0 Å². The van der Waals surface area contributed by atoms with Gasteiger partial charge in [-0.1, -0.05) is 11.3 Å². The first kappa shape index (κ1) is 9.35. The number of aromatic nitrogens is 1. The molecule has 0 amide bonds. The fourth-order valence-corrected chi connectivity index (χ4v) is 2.16. The van der Waals surface area contributed by atoms with Crippen LogP contribution in [0.2, 0.25) is 0 Å². The molecule has 2 N–H and O–H groups in total. The minimum Gasteiger partial charge on any atom is -0.375 e. The number of rotatable bonds is 2. The smallest absolute Gasteiger partial charge is 0.293 e. The number of Topliss-reactive ketones (excluding diaryl/α,β-unsaturated/α-hetero) is 1. The van der Waals surface area contributed by atoms with E-state index in [-0.39, 0.29) is 12.3 Å². The lowest BCUT2D eigenvalue weighted by molar-refractivity contribution is 0.0954. The molecule has 0 saturated carbocycles. The Bertz CT molecular complexity index is 392. The van der Waals surface area contributed by atoms with E-state index in [1.807, 2.05) is 0 Å². The summed E-state index contributed by atoms with van der Waals surface area (Å²) in [5.74, 6) is -0.0291. The molecule has 7 heteroatoms. The van der Waals surface area contributed by atoms with E-state index in [9.17, 15) is 9.59 Å². The Morgan fingerprint density at radius 1 is 1.57 bits per heavy atom. The topological polar surface area (TPSA) is 76.3 Å². The van der Waals surface area contributed by atoms with Crippen molar-refractivity contribution in [2.24, 2.45) is 0 Å². The average Bonchev–Trinajstić information content (AvgIpc) is 2.47. The first-order chi connectivity index (χ1) is 6.70. The van der Waals surface area contributed by atoms with Gasteiger partial charge in [0.25, 0.3) is 7.41 Å². The van der Waals surface area contributed by atoms with Gasteiger partial charge in [0.2, 0.25) is 0 Å². The molecule has 0 spiro atoms. The number of ketones is 1. The quantitative estimate of drug-likeness (QED) is 0.525. The van der Waals surface area contributed by atoms with Gasteiger partial charge < -0.3 is 15.3 Å². The van der Waals surface area contributed by atoms with Crippen molar-refractivity contribution in [1.82, 2.24) is 9.79 Å². The summed E-state index contributed by atoms with van der Waals surface area (Å²) < 4.78 is 0. The molecule has 1 radical (unpaired) electrons. The fourth-order valence-electron chi connectivity index (χ4n) is 1.39. The summed E-state index contributed by atoms with van der Waals surface area (Å²) in [5, 5.41) is 0.399. The number of anilines is 1. The number of carbonyl (C=O) groups is 2. The lowest BCUT2D eigenvalue weighted by atomic mass is 9.91. The summed E-state index contributed by atoms with van der Waals surface area (Å²) in [4.78, 5) is 28.0. The normalized spacial score (nSPS) is 16.4. The summed E-state index contributed by atoms with van der Waals surface area (Å²) >= 11 is 1.21. The van der Waals surface area contributed by atoms with Crippen LogP contribution in [0, 0.1) is 0 Å². The molecule has 0 aromatic carbocycles. The Kier molecular flexibility index (Phi) is 2.34. The lowest BCUT2D eigenvalue weighted by Gasteiger charge is -2.21. The van der Waals surface area contributed by atoms with Crippen molar-refractivity contribution < 1.29 is 9.59 Å². The van der Waals surface area contributed by atoms with Crippen LogP contribution in [-0.2, 0) is 11.3 Å². The monoisotopic (exact) mass is 208 g/mol. The molecule has 0 bridgehead atoms. The Balaban J connectivity index is 2.28. The van der Waals surface area contributed by atoms with Crippen LogP contribution in [-0.4, -0.2) is 35.7 Å². The summed E-state index contributed by atoms with van der Waals surface area (Å²) in [7, 11) is 1.34. The van der Waals surface area contributed by atoms with Gasteiger partial charge in [0.1, 0.15) is 0 Å². The standard InChI is InChI=1S/C7H7BN3O2S/c9-7-10-4-1-11(8-3-12)2-5(13)6(4)14-7/h3H,1-2H2,(H2,9,10). The second-order valence-electron chi connectivity index (χ2n) is 2.94. The van der Waals surface area contributed by atoms with E-state index in [2.05, 4.69) is 4.98 Å². The number of thiazole rings is 1. The number of nitrogens with two attached hydrogens (primary N) is 1. The van der Waals surface area contributed by atoms with Crippen molar-refractivity contribution in [2.75, 3.05) is 12.3 Å². The molecular weight excluding hydrogens is 201 g/mol. The molecule has 0 atom stereocenters. The van der Waals surface area contributed by atoms with Gasteiger partial charge in [0.05, 0.1) is 23.3 Å². The molecule has 14 heavy (non-hydrogen) atoms. The van der Waals surface area contributed by atoms with Gasteiger partial charge in [0.15, 0.2) is 10.9 Å². The highest BCUT2D eigenvalue weighted by Gasteiger charge is 2.26. The molecule has 2 heterocycles. The van der Waals surface area contributed by atoms with Crippen LogP contribution in [0.15, 0.2) is 0 Å². The predicted octanol–water partition coefficient (Wildman–Crippen LogP) is -0.467. The molecule has 0 saturated heterocycles. The van der Waals surface area contributed by atoms with E-state index in [1.54, 1.807) is 4.81 Å². The zero-order chi connectivity index (χ0) is 10.1. The predicted molar refractivity (Wildman–Crippen MR) is 53.8 cm³/mol. The molecule has 1 aromatic heterocycles. The SMILES string of the molecule is Nc1nc2c(s1)C(=O)CN([B]C=O)C2. The zero-order valence-electron chi connectivity index (χ0n) is 7.27. The van der Waals surface area contributed by atoms with Crippen molar-refractivity contribution >= 4 is 35.9 Å². The molecule has 2 rings (SSSR count). The van der Waals surface area contributed by atoms with E-state index in [1.165, 1.54) is 18.8 Å². The maximum absolute atomic E-state index is 11.5. The second-order valence-corrected chi connectivity index (χ2v) is 3.97. The van der Waals surface area contributed by atoms with Crippen molar-refractivity contribution in [3.63, 3.8) is 0 Å². The van der Waals surface area contributed by atoms with Gasteiger partial charge in [-0.2, -0.15) is 0 Å². The number of nitrogens with zero attached hydrogens (tertiary/aromatic N) is 2. The molecule has 1 aliphatic rings. The van der Waals surface area contributed by atoms with Crippen LogP contribution in [0.25, 0.3) is 0 Å². The maximum Gasteiger partial charge on any atom is 0.293 e. The number of fused-ring (bicyclic) bond motifs is 1.